The molecule has 0 spiro atoms. The third-order valence-corrected chi connectivity index (χ3v) is 6.45. The molecule has 0 radical (unpaired) electrons. The van der Waals surface area contributed by atoms with Crippen LogP contribution in [0.4, 0.5) is 11.4 Å². The predicted octanol–water partition coefficient (Wildman–Crippen LogP) is 5.02. The molecule has 0 amide bonds. The number of rotatable bonds is 6. The molecule has 0 atom stereocenters. The highest BCUT2D eigenvalue weighted by Crippen LogP contribution is 2.46. The topological polar surface area (TPSA) is 98.8 Å². The molecule has 1 aliphatic carbocycles. The Morgan fingerprint density at radius 2 is 1.71 bits per heavy atom. The van der Waals surface area contributed by atoms with E-state index in [1.807, 2.05) is 18.2 Å². The second-order valence-corrected chi connectivity index (χ2v) is 8.36. The molecular formula is C22H21N3O5S. The average Bonchev–Trinajstić information content (AvgIpc) is 3.17. The second kappa shape index (κ2) is 9.32. The average molecular weight is 439 g/mol. The standard InChI is InChI=1S/C22H21N3O5S/c26-24(27)18-7-9-20(19(15-18)25(28)29)31-21-8-6-17(14-16-4-2-1-3-5-16)22(21)23-10-12-30-13-11-23/h1-5,7,9,14-15H,6,8,10-13H2/b17-14-. The van der Waals surface area contributed by atoms with Gasteiger partial charge in [-0.2, -0.15) is 0 Å². The minimum atomic E-state index is -0.615. The number of nitrogens with zero attached hydrogens (tertiary/aromatic N) is 3. The number of allylic oxidation sites excluding steroid dienone is 2. The predicted molar refractivity (Wildman–Crippen MR) is 119 cm³/mol. The lowest BCUT2D eigenvalue weighted by Gasteiger charge is -2.31. The lowest BCUT2D eigenvalue weighted by Crippen LogP contribution is -2.35. The summed E-state index contributed by atoms with van der Waals surface area (Å²) in [5.74, 6) is 0. The van der Waals surface area contributed by atoms with E-state index in [1.165, 1.54) is 29.5 Å². The molecule has 0 unspecified atom stereocenters. The summed E-state index contributed by atoms with van der Waals surface area (Å²) in [6, 6.07) is 13.9. The van der Waals surface area contributed by atoms with Gasteiger partial charge in [-0.05, 0) is 36.1 Å². The van der Waals surface area contributed by atoms with Crippen LogP contribution in [0.15, 0.2) is 69.6 Å². The Morgan fingerprint density at radius 1 is 0.968 bits per heavy atom. The summed E-state index contributed by atoms with van der Waals surface area (Å²) in [7, 11) is 0. The quantitative estimate of drug-likeness (QED) is 0.460. The Balaban J connectivity index is 1.73. The van der Waals surface area contributed by atoms with Crippen molar-refractivity contribution in [1.29, 1.82) is 0 Å². The monoisotopic (exact) mass is 439 g/mol. The fourth-order valence-electron chi connectivity index (χ4n) is 3.80. The summed E-state index contributed by atoms with van der Waals surface area (Å²) in [5, 5.41) is 22.6. The normalized spacial score (nSPS) is 17.9. The number of ether oxygens (including phenoxy) is 1. The van der Waals surface area contributed by atoms with Crippen molar-refractivity contribution in [2.75, 3.05) is 26.3 Å². The van der Waals surface area contributed by atoms with Crippen molar-refractivity contribution in [3.8, 4) is 0 Å². The van der Waals surface area contributed by atoms with Gasteiger partial charge in [0.15, 0.2) is 0 Å². The van der Waals surface area contributed by atoms with Gasteiger partial charge in [-0.25, -0.2) is 0 Å². The zero-order valence-electron chi connectivity index (χ0n) is 16.7. The summed E-state index contributed by atoms with van der Waals surface area (Å²) in [4.78, 5) is 25.2. The molecule has 2 aromatic rings. The zero-order chi connectivity index (χ0) is 21.8. The van der Waals surface area contributed by atoms with Crippen molar-refractivity contribution in [1.82, 2.24) is 4.90 Å². The van der Waals surface area contributed by atoms with Crippen LogP contribution >= 0.6 is 11.8 Å². The van der Waals surface area contributed by atoms with Crippen molar-refractivity contribution < 1.29 is 14.6 Å². The minimum Gasteiger partial charge on any atom is -0.378 e. The van der Waals surface area contributed by atoms with E-state index in [0.29, 0.717) is 18.1 Å². The summed E-state index contributed by atoms with van der Waals surface area (Å²) < 4.78 is 5.51. The first-order chi connectivity index (χ1) is 15.0. The smallest absolute Gasteiger partial charge is 0.290 e. The Morgan fingerprint density at radius 3 is 2.39 bits per heavy atom. The first kappa shape index (κ1) is 21.1. The minimum absolute atomic E-state index is 0.242. The van der Waals surface area contributed by atoms with Crippen LogP contribution in [0.2, 0.25) is 0 Å². The number of thioether (sulfide) groups is 1. The highest BCUT2D eigenvalue weighted by Gasteiger charge is 2.29. The first-order valence-corrected chi connectivity index (χ1v) is 10.8. The maximum atomic E-state index is 11.6. The van der Waals surface area contributed by atoms with Crippen molar-refractivity contribution in [3.05, 3.63) is 90.5 Å². The maximum Gasteiger partial charge on any atom is 0.290 e. The Kier molecular flexibility index (Phi) is 6.34. The van der Waals surface area contributed by atoms with Gasteiger partial charge in [-0.15, -0.1) is 0 Å². The van der Waals surface area contributed by atoms with Gasteiger partial charge in [-0.1, -0.05) is 42.1 Å². The zero-order valence-corrected chi connectivity index (χ0v) is 17.5. The fourth-order valence-corrected chi connectivity index (χ4v) is 5.00. The number of nitro groups is 2. The Bertz CT molecular complexity index is 1060. The Hall–Kier alpha value is -3.17. The van der Waals surface area contributed by atoms with Gasteiger partial charge in [0.25, 0.3) is 11.4 Å². The molecule has 1 aliphatic heterocycles. The van der Waals surface area contributed by atoms with Gasteiger partial charge in [0.05, 0.1) is 39.7 Å². The number of hydrogen-bond donors (Lipinski definition) is 0. The summed E-state index contributed by atoms with van der Waals surface area (Å²) in [5.41, 5.74) is 2.88. The molecule has 1 saturated heterocycles. The van der Waals surface area contributed by atoms with Crippen LogP contribution < -0.4 is 0 Å². The summed E-state index contributed by atoms with van der Waals surface area (Å²) in [6.07, 6.45) is 3.78. The molecule has 0 saturated carbocycles. The molecule has 9 heteroatoms. The van der Waals surface area contributed by atoms with Crippen LogP contribution in [0.1, 0.15) is 18.4 Å². The van der Waals surface area contributed by atoms with Crippen molar-refractivity contribution >= 4 is 29.2 Å². The lowest BCUT2D eigenvalue weighted by molar-refractivity contribution is -0.396. The first-order valence-electron chi connectivity index (χ1n) is 9.95. The molecule has 0 aromatic heterocycles. The van der Waals surface area contributed by atoms with Crippen LogP contribution in [0, 0.1) is 20.2 Å². The van der Waals surface area contributed by atoms with Gasteiger partial charge in [-0.3, -0.25) is 20.2 Å². The van der Waals surface area contributed by atoms with Crippen LogP contribution in [0.5, 0.6) is 0 Å². The molecule has 0 bridgehead atoms. The second-order valence-electron chi connectivity index (χ2n) is 7.22. The van der Waals surface area contributed by atoms with Gasteiger partial charge in [0, 0.05) is 24.1 Å². The largest absolute Gasteiger partial charge is 0.378 e. The van der Waals surface area contributed by atoms with E-state index >= 15 is 0 Å². The molecule has 0 N–H and O–H groups in total. The van der Waals surface area contributed by atoms with Crippen LogP contribution in [0.3, 0.4) is 0 Å². The Labute approximate surface area is 183 Å². The molecule has 160 valence electrons. The van der Waals surface area contributed by atoms with E-state index in [1.54, 1.807) is 0 Å². The summed E-state index contributed by atoms with van der Waals surface area (Å²) in [6.45, 7) is 2.79. The third-order valence-electron chi connectivity index (χ3n) is 5.24. The highest BCUT2D eigenvalue weighted by atomic mass is 32.2. The van der Waals surface area contributed by atoms with Crippen LogP contribution in [-0.4, -0.2) is 41.0 Å². The number of morpholine rings is 1. The molecule has 31 heavy (non-hydrogen) atoms. The van der Waals surface area contributed by atoms with Crippen molar-refractivity contribution in [2.24, 2.45) is 0 Å². The number of non-ortho nitro benzene ring substituents is 1. The van der Waals surface area contributed by atoms with E-state index in [4.69, 9.17) is 4.74 Å². The molecule has 2 aromatic carbocycles. The number of hydrogen-bond acceptors (Lipinski definition) is 7. The van der Waals surface area contributed by atoms with E-state index in [2.05, 4.69) is 23.1 Å². The van der Waals surface area contributed by atoms with Crippen LogP contribution in [0.25, 0.3) is 6.08 Å². The van der Waals surface area contributed by atoms with Crippen LogP contribution in [-0.2, 0) is 4.74 Å². The van der Waals surface area contributed by atoms with E-state index < -0.39 is 9.85 Å². The number of nitro benzene ring substituents is 2. The molecule has 1 heterocycles. The maximum absolute atomic E-state index is 11.6. The van der Waals surface area contributed by atoms with Crippen molar-refractivity contribution in [2.45, 2.75) is 17.7 Å². The van der Waals surface area contributed by atoms with E-state index in [0.717, 1.165) is 48.2 Å². The third kappa shape index (κ3) is 4.78. The van der Waals surface area contributed by atoms with E-state index in [-0.39, 0.29) is 11.4 Å². The molecule has 4 rings (SSSR count). The van der Waals surface area contributed by atoms with Gasteiger partial charge in [0.1, 0.15) is 0 Å². The lowest BCUT2D eigenvalue weighted by atomic mass is 10.1. The van der Waals surface area contributed by atoms with Crippen molar-refractivity contribution in [3.63, 3.8) is 0 Å². The SMILES string of the molecule is O=[N+]([O-])c1ccc(SC2=C(N3CCOCC3)/C(=C\c3ccccc3)CC2)c([N+](=O)[O-])c1. The van der Waals surface area contributed by atoms with Gasteiger partial charge < -0.3 is 9.64 Å². The highest BCUT2D eigenvalue weighted by molar-refractivity contribution is 8.03. The fraction of sp³-hybridized carbons (Fsp3) is 0.273. The summed E-state index contributed by atoms with van der Waals surface area (Å²) >= 11 is 1.33. The van der Waals surface area contributed by atoms with E-state index in [9.17, 15) is 20.2 Å². The van der Waals surface area contributed by atoms with Gasteiger partial charge in [0.2, 0.25) is 0 Å². The molecular weight excluding hydrogens is 418 g/mol. The molecule has 1 fully saturated rings. The number of benzene rings is 2. The molecule has 8 nitrogen and oxygen atoms in total. The van der Waals surface area contributed by atoms with Gasteiger partial charge >= 0.3 is 0 Å². The molecule has 2 aliphatic rings.